The van der Waals surface area contributed by atoms with Crippen LogP contribution >= 0.6 is 0 Å². The zero-order chi connectivity index (χ0) is 45.9. The van der Waals surface area contributed by atoms with E-state index in [1.807, 2.05) is 0 Å². The van der Waals surface area contributed by atoms with Crippen LogP contribution in [0.15, 0.2) is 24.3 Å². The van der Waals surface area contributed by atoms with Gasteiger partial charge >= 0.3 is 0 Å². The molecule has 1 heterocycles. The van der Waals surface area contributed by atoms with E-state index in [1.165, 1.54) is 167 Å². The van der Waals surface area contributed by atoms with E-state index in [1.54, 1.807) is 0 Å². The van der Waals surface area contributed by atoms with Crippen molar-refractivity contribution in [3.63, 3.8) is 0 Å². The van der Waals surface area contributed by atoms with Crippen LogP contribution < -0.4 is 5.32 Å². The van der Waals surface area contributed by atoms with Crippen LogP contribution in [-0.4, -0.2) is 87.5 Å². The highest BCUT2D eigenvalue weighted by Gasteiger charge is 2.44. The van der Waals surface area contributed by atoms with E-state index in [4.69, 9.17) is 9.47 Å². The molecule has 0 aromatic rings. The van der Waals surface area contributed by atoms with Crippen LogP contribution in [0, 0.1) is 0 Å². The molecule has 0 spiro atoms. The molecule has 9 nitrogen and oxygen atoms in total. The van der Waals surface area contributed by atoms with Crippen LogP contribution in [0.4, 0.5) is 0 Å². The van der Waals surface area contributed by atoms with Crippen LogP contribution in [-0.2, 0) is 14.3 Å². The highest BCUT2D eigenvalue weighted by atomic mass is 16.7. The molecular formula is C54H103NO8. The highest BCUT2D eigenvalue weighted by molar-refractivity contribution is 5.76. The minimum Gasteiger partial charge on any atom is -0.394 e. The van der Waals surface area contributed by atoms with Gasteiger partial charge in [0.05, 0.1) is 25.4 Å². The molecule has 6 N–H and O–H groups in total. The smallest absolute Gasteiger partial charge is 0.220 e. The number of carbonyl (C=O) groups excluding carboxylic acids is 1. The summed E-state index contributed by atoms with van der Waals surface area (Å²) < 4.78 is 11.3. The lowest BCUT2D eigenvalue weighted by Gasteiger charge is -2.40. The largest absolute Gasteiger partial charge is 0.394 e. The molecule has 1 rings (SSSR count). The highest BCUT2D eigenvalue weighted by Crippen LogP contribution is 2.23. The average Bonchev–Trinajstić information content (AvgIpc) is 3.28. The Morgan fingerprint density at radius 1 is 0.540 bits per heavy atom. The van der Waals surface area contributed by atoms with Crippen molar-refractivity contribution < 1.29 is 39.8 Å². The summed E-state index contributed by atoms with van der Waals surface area (Å²) in [7, 11) is 0. The third kappa shape index (κ3) is 34.6. The minimum atomic E-state index is -1.55. The second-order valence-electron chi connectivity index (χ2n) is 19.0. The lowest BCUT2D eigenvalue weighted by Crippen LogP contribution is -2.60. The Bertz CT molecular complexity index is 1040. The third-order valence-corrected chi connectivity index (χ3v) is 13.1. The molecule has 7 unspecified atom stereocenters. The van der Waals surface area contributed by atoms with Gasteiger partial charge in [-0.3, -0.25) is 4.79 Å². The lowest BCUT2D eigenvalue weighted by atomic mass is 9.99. The standard InChI is InChI=1S/C54H103NO8/c1-3-5-7-9-11-13-15-17-19-20-21-22-23-24-25-26-27-28-30-31-33-35-37-39-41-43-48(57)47(46-62-54-53(61)52(60)51(59)49(45-56)63-54)55-50(58)44-42-40-38-36-34-32-29-18-16-14-12-10-8-6-4-2/h12,14,18,29,47-49,51-54,56-57,59-61H,3-11,13,15-17,19-28,30-46H2,1-2H3,(H,55,58)/b14-12-,29-18-. The molecule has 0 bridgehead atoms. The van der Waals surface area contributed by atoms with E-state index in [2.05, 4.69) is 43.5 Å². The van der Waals surface area contributed by atoms with Gasteiger partial charge in [0.15, 0.2) is 6.29 Å². The molecule has 1 amide bonds. The van der Waals surface area contributed by atoms with Gasteiger partial charge in [0.25, 0.3) is 0 Å². The predicted octanol–water partition coefficient (Wildman–Crippen LogP) is 12.6. The Labute approximate surface area is 388 Å². The van der Waals surface area contributed by atoms with Crippen molar-refractivity contribution >= 4 is 5.91 Å². The fourth-order valence-corrected chi connectivity index (χ4v) is 8.72. The van der Waals surface area contributed by atoms with E-state index in [0.717, 1.165) is 64.2 Å². The maximum Gasteiger partial charge on any atom is 0.220 e. The second kappa shape index (κ2) is 44.5. The summed E-state index contributed by atoms with van der Waals surface area (Å²) in [5, 5.41) is 54.5. The van der Waals surface area contributed by atoms with Gasteiger partial charge in [0.2, 0.25) is 5.91 Å². The number of amides is 1. The van der Waals surface area contributed by atoms with E-state index in [-0.39, 0.29) is 12.5 Å². The number of hydrogen-bond acceptors (Lipinski definition) is 8. The predicted molar refractivity (Wildman–Crippen MR) is 263 cm³/mol. The number of nitrogens with one attached hydrogen (secondary N) is 1. The number of carbonyl (C=O) groups is 1. The van der Waals surface area contributed by atoms with Crippen molar-refractivity contribution in [3.8, 4) is 0 Å². The summed E-state index contributed by atoms with van der Waals surface area (Å²) in [5.74, 6) is -0.156. The van der Waals surface area contributed by atoms with Crippen molar-refractivity contribution in [2.45, 2.75) is 301 Å². The first kappa shape index (κ1) is 59.7. The van der Waals surface area contributed by atoms with Crippen LogP contribution in [0.25, 0.3) is 0 Å². The maximum absolute atomic E-state index is 13.0. The van der Waals surface area contributed by atoms with Gasteiger partial charge in [-0.25, -0.2) is 0 Å². The first-order valence-corrected chi connectivity index (χ1v) is 27.0. The number of aliphatic hydroxyl groups excluding tert-OH is 5. The van der Waals surface area contributed by atoms with Gasteiger partial charge in [0, 0.05) is 6.42 Å². The summed E-state index contributed by atoms with van der Waals surface area (Å²) in [4.78, 5) is 13.0. The maximum atomic E-state index is 13.0. The molecule has 0 aromatic heterocycles. The fraction of sp³-hybridized carbons (Fsp3) is 0.907. The summed E-state index contributed by atoms with van der Waals surface area (Å²) in [6, 6.07) is -0.725. The Balaban J connectivity index is 2.21. The SMILES string of the molecule is CCCCC/C=C\C/C=C\CCCCCCCC(=O)NC(COC1OC(CO)C(O)C(O)C1O)C(O)CCCCCCCCCCCCCCCCCCCCCCCCCCC. The number of rotatable bonds is 46. The van der Waals surface area contributed by atoms with Gasteiger partial charge in [-0.2, -0.15) is 0 Å². The molecule has 1 fully saturated rings. The van der Waals surface area contributed by atoms with Gasteiger partial charge in [-0.05, 0) is 44.9 Å². The molecule has 1 aliphatic rings. The van der Waals surface area contributed by atoms with Crippen molar-refractivity contribution in [3.05, 3.63) is 24.3 Å². The normalized spacial score (nSPS) is 20.3. The van der Waals surface area contributed by atoms with E-state index < -0.39 is 49.5 Å². The number of allylic oxidation sites excluding steroid dienone is 4. The quantitative estimate of drug-likeness (QED) is 0.0261. The second-order valence-corrected chi connectivity index (χ2v) is 19.0. The molecule has 7 atom stereocenters. The first-order valence-electron chi connectivity index (χ1n) is 27.0. The molecule has 0 aromatic carbocycles. The lowest BCUT2D eigenvalue weighted by molar-refractivity contribution is -0.302. The summed E-state index contributed by atoms with van der Waals surface area (Å²) >= 11 is 0. The molecule has 1 saturated heterocycles. The third-order valence-electron chi connectivity index (χ3n) is 13.1. The van der Waals surface area contributed by atoms with Crippen LogP contribution in [0.2, 0.25) is 0 Å². The molecule has 372 valence electrons. The molecular weight excluding hydrogens is 791 g/mol. The zero-order valence-electron chi connectivity index (χ0n) is 41.1. The van der Waals surface area contributed by atoms with Gasteiger partial charge < -0.3 is 40.3 Å². The zero-order valence-corrected chi connectivity index (χ0v) is 41.1. The number of ether oxygens (including phenoxy) is 2. The Kier molecular flexibility index (Phi) is 42.2. The monoisotopic (exact) mass is 894 g/mol. The van der Waals surface area contributed by atoms with E-state index in [0.29, 0.717) is 12.8 Å². The molecule has 0 saturated carbocycles. The Hall–Kier alpha value is -1.33. The van der Waals surface area contributed by atoms with Crippen LogP contribution in [0.1, 0.15) is 258 Å². The topological polar surface area (TPSA) is 149 Å². The fourth-order valence-electron chi connectivity index (χ4n) is 8.72. The molecule has 0 radical (unpaired) electrons. The van der Waals surface area contributed by atoms with Crippen LogP contribution in [0.5, 0.6) is 0 Å². The molecule has 1 aliphatic heterocycles. The number of unbranched alkanes of at least 4 members (excludes halogenated alkanes) is 32. The van der Waals surface area contributed by atoms with E-state index >= 15 is 0 Å². The van der Waals surface area contributed by atoms with E-state index in [9.17, 15) is 30.3 Å². The minimum absolute atomic E-state index is 0.142. The summed E-state index contributed by atoms with van der Waals surface area (Å²) in [6.45, 7) is 3.82. The van der Waals surface area contributed by atoms with Crippen molar-refractivity contribution in [2.75, 3.05) is 13.2 Å². The Morgan fingerprint density at radius 3 is 1.40 bits per heavy atom. The Morgan fingerprint density at radius 2 is 0.937 bits per heavy atom. The van der Waals surface area contributed by atoms with Gasteiger partial charge in [0.1, 0.15) is 24.4 Å². The summed E-state index contributed by atoms with van der Waals surface area (Å²) in [5.41, 5.74) is 0. The average molecular weight is 894 g/mol. The molecule has 63 heavy (non-hydrogen) atoms. The number of aliphatic hydroxyl groups is 5. The van der Waals surface area contributed by atoms with Crippen molar-refractivity contribution in [1.29, 1.82) is 0 Å². The van der Waals surface area contributed by atoms with Crippen molar-refractivity contribution in [2.24, 2.45) is 0 Å². The van der Waals surface area contributed by atoms with Crippen LogP contribution in [0.3, 0.4) is 0 Å². The van der Waals surface area contributed by atoms with Crippen molar-refractivity contribution in [1.82, 2.24) is 5.32 Å². The molecule has 0 aliphatic carbocycles. The van der Waals surface area contributed by atoms with Gasteiger partial charge in [-0.1, -0.05) is 231 Å². The summed E-state index contributed by atoms with van der Waals surface area (Å²) in [6.07, 6.45) is 47.7. The number of hydrogen-bond donors (Lipinski definition) is 6. The van der Waals surface area contributed by atoms with Gasteiger partial charge in [-0.15, -0.1) is 0 Å². The molecule has 9 heteroatoms. The first-order chi connectivity index (χ1) is 30.8.